The fourth-order valence-electron chi connectivity index (χ4n) is 3.01. The van der Waals surface area contributed by atoms with Crippen LogP contribution in [0.25, 0.3) is 6.08 Å². The zero-order chi connectivity index (χ0) is 22.3. The molecule has 0 aliphatic rings. The molecule has 2 aromatic carbocycles. The maximum atomic E-state index is 12.1. The lowest BCUT2D eigenvalue weighted by molar-refractivity contribution is -0.111. The zero-order valence-electron chi connectivity index (χ0n) is 18.6. The van der Waals surface area contributed by atoms with Crippen molar-refractivity contribution < 1.29 is 19.1 Å². The molecule has 0 aromatic heterocycles. The Labute approximate surface area is 185 Å². The van der Waals surface area contributed by atoms with E-state index in [1.54, 1.807) is 37.3 Å². The largest absolute Gasteiger partial charge is 0.494 e. The van der Waals surface area contributed by atoms with Gasteiger partial charge < -0.3 is 14.8 Å². The lowest BCUT2D eigenvalue weighted by atomic mass is 10.1. The predicted molar refractivity (Wildman–Crippen MR) is 125 cm³/mol. The van der Waals surface area contributed by atoms with E-state index >= 15 is 0 Å². The van der Waals surface area contributed by atoms with E-state index in [-0.39, 0.29) is 11.9 Å². The van der Waals surface area contributed by atoms with E-state index in [0.29, 0.717) is 17.9 Å². The van der Waals surface area contributed by atoms with Gasteiger partial charge in [-0.2, -0.15) is 0 Å². The first-order valence-electron chi connectivity index (χ1n) is 11.1. The molecule has 0 atom stereocenters. The molecule has 0 heterocycles. The molecule has 0 aliphatic carbocycles. The highest BCUT2D eigenvalue weighted by Gasteiger charge is 2.06. The second kappa shape index (κ2) is 14.0. The summed E-state index contributed by atoms with van der Waals surface area (Å²) >= 11 is 0. The Balaban J connectivity index is 1.73. The monoisotopic (exact) mass is 423 g/mol. The summed E-state index contributed by atoms with van der Waals surface area (Å²) in [6, 6.07) is 14.3. The van der Waals surface area contributed by atoms with E-state index in [1.807, 2.05) is 24.3 Å². The number of nitrogens with one attached hydrogen (secondary N) is 1. The molecule has 2 rings (SSSR count). The van der Waals surface area contributed by atoms with E-state index in [1.165, 1.54) is 38.2 Å². The summed E-state index contributed by atoms with van der Waals surface area (Å²) in [4.78, 5) is 23.8. The molecule has 0 aliphatic heterocycles. The SMILES string of the molecule is CCCCCCCCOc1ccc(/C=C/C(=O)Nc2ccc(C(=O)OCC)cc2)cc1. The van der Waals surface area contributed by atoms with E-state index in [4.69, 9.17) is 9.47 Å². The summed E-state index contributed by atoms with van der Waals surface area (Å²) in [5.41, 5.74) is 1.98. The van der Waals surface area contributed by atoms with E-state index in [9.17, 15) is 9.59 Å². The van der Waals surface area contributed by atoms with Crippen LogP contribution in [-0.4, -0.2) is 25.1 Å². The Bertz CT molecular complexity index is 825. The Morgan fingerprint density at radius 3 is 2.23 bits per heavy atom. The number of carbonyl (C=O) groups excluding carboxylic acids is 2. The van der Waals surface area contributed by atoms with Gasteiger partial charge in [0.1, 0.15) is 5.75 Å². The van der Waals surface area contributed by atoms with Crippen LogP contribution in [0.3, 0.4) is 0 Å². The highest BCUT2D eigenvalue weighted by atomic mass is 16.5. The van der Waals surface area contributed by atoms with Crippen molar-refractivity contribution in [2.24, 2.45) is 0 Å². The molecule has 0 saturated carbocycles. The zero-order valence-corrected chi connectivity index (χ0v) is 18.6. The van der Waals surface area contributed by atoms with Gasteiger partial charge in [0, 0.05) is 11.8 Å². The minimum Gasteiger partial charge on any atom is -0.494 e. The van der Waals surface area contributed by atoms with Crippen LogP contribution < -0.4 is 10.1 Å². The average molecular weight is 424 g/mol. The Morgan fingerprint density at radius 2 is 1.55 bits per heavy atom. The van der Waals surface area contributed by atoms with Gasteiger partial charge in [0.25, 0.3) is 0 Å². The second-order valence-corrected chi connectivity index (χ2v) is 7.31. The first-order valence-corrected chi connectivity index (χ1v) is 11.1. The third-order valence-corrected chi connectivity index (χ3v) is 4.74. The van der Waals surface area contributed by atoms with Crippen molar-refractivity contribution >= 4 is 23.6 Å². The Kier molecular flexibility index (Phi) is 10.9. The van der Waals surface area contributed by atoms with Gasteiger partial charge in [-0.05, 0) is 61.4 Å². The van der Waals surface area contributed by atoms with Crippen molar-refractivity contribution in [3.8, 4) is 5.75 Å². The van der Waals surface area contributed by atoms with Gasteiger partial charge in [0.05, 0.1) is 18.8 Å². The van der Waals surface area contributed by atoms with Crippen molar-refractivity contribution in [2.75, 3.05) is 18.5 Å². The average Bonchev–Trinajstić information content (AvgIpc) is 2.78. The van der Waals surface area contributed by atoms with Crippen LogP contribution in [0.15, 0.2) is 54.6 Å². The van der Waals surface area contributed by atoms with Crippen LogP contribution in [0.1, 0.15) is 68.3 Å². The van der Waals surface area contributed by atoms with Gasteiger partial charge in [-0.25, -0.2) is 4.79 Å². The fraction of sp³-hybridized carbons (Fsp3) is 0.385. The van der Waals surface area contributed by atoms with Gasteiger partial charge in [0.15, 0.2) is 0 Å². The van der Waals surface area contributed by atoms with Crippen LogP contribution in [0, 0.1) is 0 Å². The minimum atomic E-state index is -0.375. The van der Waals surface area contributed by atoms with Crippen molar-refractivity contribution in [2.45, 2.75) is 52.4 Å². The van der Waals surface area contributed by atoms with Gasteiger partial charge >= 0.3 is 5.97 Å². The number of benzene rings is 2. The number of ether oxygens (including phenoxy) is 2. The second-order valence-electron chi connectivity index (χ2n) is 7.31. The van der Waals surface area contributed by atoms with Crippen molar-refractivity contribution in [3.05, 3.63) is 65.7 Å². The van der Waals surface area contributed by atoms with E-state index < -0.39 is 0 Å². The van der Waals surface area contributed by atoms with Crippen LogP contribution >= 0.6 is 0 Å². The summed E-state index contributed by atoms with van der Waals surface area (Å²) in [6.45, 7) is 5.05. The number of hydrogen-bond donors (Lipinski definition) is 1. The van der Waals surface area contributed by atoms with Crippen LogP contribution in [-0.2, 0) is 9.53 Å². The molecule has 0 spiro atoms. The molecule has 1 amide bonds. The normalized spacial score (nSPS) is 10.8. The Morgan fingerprint density at radius 1 is 0.871 bits per heavy atom. The minimum absolute atomic E-state index is 0.243. The third kappa shape index (κ3) is 9.51. The number of anilines is 1. The lowest BCUT2D eigenvalue weighted by Gasteiger charge is -2.06. The molecule has 0 fully saturated rings. The molecule has 5 heteroatoms. The van der Waals surface area contributed by atoms with Gasteiger partial charge in [-0.1, -0.05) is 51.2 Å². The van der Waals surface area contributed by atoms with Crippen molar-refractivity contribution in [3.63, 3.8) is 0 Å². The summed E-state index contributed by atoms with van der Waals surface area (Å²) in [5, 5.41) is 2.77. The number of carbonyl (C=O) groups is 2. The molecule has 31 heavy (non-hydrogen) atoms. The van der Waals surface area contributed by atoms with E-state index in [2.05, 4.69) is 12.2 Å². The van der Waals surface area contributed by atoms with Gasteiger partial charge in [0.2, 0.25) is 5.91 Å². The molecule has 0 radical (unpaired) electrons. The number of amides is 1. The molecular weight excluding hydrogens is 390 g/mol. The Hall–Kier alpha value is -3.08. The highest BCUT2D eigenvalue weighted by Crippen LogP contribution is 2.15. The van der Waals surface area contributed by atoms with Crippen LogP contribution in [0.4, 0.5) is 5.69 Å². The number of unbranched alkanes of at least 4 members (excludes halogenated alkanes) is 5. The molecule has 2 aromatic rings. The molecule has 1 N–H and O–H groups in total. The first kappa shape index (κ1) is 24.2. The predicted octanol–water partition coefficient (Wildman–Crippen LogP) is 6.25. The maximum Gasteiger partial charge on any atom is 0.338 e. The molecular formula is C26H33NO4. The molecule has 0 saturated heterocycles. The lowest BCUT2D eigenvalue weighted by Crippen LogP contribution is -2.08. The van der Waals surface area contributed by atoms with E-state index in [0.717, 1.165) is 24.3 Å². The molecule has 5 nitrogen and oxygen atoms in total. The summed E-state index contributed by atoms with van der Waals surface area (Å²) in [5.74, 6) is 0.226. The summed E-state index contributed by atoms with van der Waals surface area (Å²) < 4.78 is 10.7. The molecule has 0 unspecified atom stereocenters. The van der Waals surface area contributed by atoms with Gasteiger partial charge in [-0.3, -0.25) is 4.79 Å². The first-order chi connectivity index (χ1) is 15.1. The van der Waals surface area contributed by atoms with Crippen LogP contribution in [0.5, 0.6) is 5.75 Å². The third-order valence-electron chi connectivity index (χ3n) is 4.74. The summed E-state index contributed by atoms with van der Waals surface area (Å²) in [7, 11) is 0. The summed E-state index contributed by atoms with van der Waals surface area (Å²) in [6.07, 6.45) is 10.7. The fourth-order valence-corrected chi connectivity index (χ4v) is 3.01. The maximum absolute atomic E-state index is 12.1. The molecule has 166 valence electrons. The molecule has 0 bridgehead atoms. The topological polar surface area (TPSA) is 64.6 Å². The number of rotatable bonds is 13. The number of hydrogen-bond acceptors (Lipinski definition) is 4. The van der Waals surface area contributed by atoms with Crippen LogP contribution in [0.2, 0.25) is 0 Å². The van der Waals surface area contributed by atoms with Gasteiger partial charge in [-0.15, -0.1) is 0 Å². The smallest absolute Gasteiger partial charge is 0.338 e. The highest BCUT2D eigenvalue weighted by molar-refractivity contribution is 6.02. The standard InChI is InChI=1S/C26H33NO4/c1-3-5-6-7-8-9-20-31-24-17-10-21(11-18-24)12-19-25(28)27-23-15-13-22(14-16-23)26(29)30-4-2/h10-19H,3-9,20H2,1-2H3,(H,27,28)/b19-12+. The number of esters is 1. The van der Waals surface area contributed by atoms with Crippen molar-refractivity contribution in [1.29, 1.82) is 0 Å². The van der Waals surface area contributed by atoms with Crippen molar-refractivity contribution in [1.82, 2.24) is 0 Å². The quantitative estimate of drug-likeness (QED) is 0.235.